The Kier molecular flexibility index (Phi) is 11.0. The molecular formula is C38H41Cl2N7O5. The molecule has 5 aromatic rings. The number of hydrogen-bond acceptors (Lipinski definition) is 9. The number of ether oxygens (including phenoxy) is 2. The zero-order valence-corrected chi connectivity index (χ0v) is 31.2. The van der Waals surface area contributed by atoms with Gasteiger partial charge in [0, 0.05) is 78.7 Å². The number of nitrogens with zero attached hydrogens (tertiary/aromatic N) is 4. The van der Waals surface area contributed by atoms with Crippen LogP contribution in [-0.4, -0.2) is 64.4 Å². The summed E-state index contributed by atoms with van der Waals surface area (Å²) >= 11 is 14.2. The topological polar surface area (TPSA) is 141 Å². The highest BCUT2D eigenvalue weighted by molar-refractivity contribution is 6.39. The van der Waals surface area contributed by atoms with Gasteiger partial charge in [-0.2, -0.15) is 5.10 Å². The Balaban J connectivity index is 1.25. The smallest absolute Gasteiger partial charge is 0.312 e. The minimum Gasteiger partial charge on any atom is -0.481 e. The second-order valence-corrected chi connectivity index (χ2v) is 14.2. The van der Waals surface area contributed by atoms with Crippen molar-refractivity contribution >= 4 is 40.6 Å². The van der Waals surface area contributed by atoms with Crippen molar-refractivity contribution in [3.05, 3.63) is 92.6 Å². The van der Waals surface area contributed by atoms with Crippen LogP contribution in [0.1, 0.15) is 38.1 Å². The van der Waals surface area contributed by atoms with Crippen LogP contribution >= 0.6 is 23.2 Å². The normalized spacial score (nSPS) is 14.5. The zero-order valence-electron chi connectivity index (χ0n) is 29.7. The van der Waals surface area contributed by atoms with Gasteiger partial charge >= 0.3 is 5.97 Å². The van der Waals surface area contributed by atoms with Crippen LogP contribution < -0.4 is 26.2 Å². The third-order valence-corrected chi connectivity index (χ3v) is 10.1. The predicted molar refractivity (Wildman–Crippen MR) is 201 cm³/mol. The van der Waals surface area contributed by atoms with E-state index in [-0.39, 0.29) is 30.0 Å². The first kappa shape index (κ1) is 37.0. The number of carbonyl (C=O) groups is 2. The third kappa shape index (κ3) is 7.56. The number of rotatable bonds is 13. The fourth-order valence-corrected chi connectivity index (χ4v) is 7.02. The molecule has 0 spiro atoms. The molecule has 0 aliphatic carbocycles. The molecular weight excluding hydrogens is 705 g/mol. The van der Waals surface area contributed by atoms with Crippen molar-refractivity contribution < 1.29 is 19.1 Å². The molecule has 0 radical (unpaired) electrons. The average Bonchev–Trinajstić information content (AvgIpc) is 3.76. The molecule has 272 valence electrons. The second kappa shape index (κ2) is 15.5. The lowest BCUT2D eigenvalue weighted by Gasteiger charge is -2.21. The van der Waals surface area contributed by atoms with Crippen molar-refractivity contribution in [1.82, 2.24) is 35.1 Å². The molecule has 14 heteroatoms. The van der Waals surface area contributed by atoms with Crippen LogP contribution in [0.2, 0.25) is 10.0 Å². The number of methoxy groups -OCH3 is 2. The molecule has 52 heavy (non-hydrogen) atoms. The van der Waals surface area contributed by atoms with Crippen LogP contribution in [-0.2, 0) is 34.5 Å². The molecule has 6 rings (SSSR count). The van der Waals surface area contributed by atoms with Crippen LogP contribution in [0.5, 0.6) is 5.88 Å². The Morgan fingerprint density at radius 3 is 2.35 bits per heavy atom. The van der Waals surface area contributed by atoms with Gasteiger partial charge in [-0.25, -0.2) is 9.50 Å². The van der Waals surface area contributed by atoms with Crippen molar-refractivity contribution in [1.29, 1.82) is 0 Å². The molecule has 1 atom stereocenters. The quantitative estimate of drug-likeness (QED) is 0.135. The summed E-state index contributed by atoms with van der Waals surface area (Å²) in [7, 11) is 4.61. The number of hydrogen-bond donors (Lipinski definition) is 3. The Bertz CT molecular complexity index is 2210. The number of carbonyl (C=O) groups excluding carboxylic acids is 2. The fourth-order valence-electron chi connectivity index (χ4n) is 6.35. The molecule has 1 aliphatic heterocycles. The summed E-state index contributed by atoms with van der Waals surface area (Å²) < 4.78 is 13.6. The molecule has 1 aliphatic rings. The van der Waals surface area contributed by atoms with Crippen LogP contribution in [0, 0.1) is 5.41 Å². The van der Waals surface area contributed by atoms with E-state index in [2.05, 4.69) is 16.0 Å². The van der Waals surface area contributed by atoms with Crippen molar-refractivity contribution in [3.8, 4) is 39.4 Å². The third-order valence-electron chi connectivity index (χ3n) is 9.32. The molecule has 0 bridgehead atoms. The molecule has 1 fully saturated rings. The standard InChI is InChI=1S/C38H41Cl2N7O5/c1-38(2,37(50)52-5)21-42-19-31-45-47-20-23(16-30(47)36(49)46(31)3)25-8-6-9-26(33(25)39)27-10-7-11-28(34(27)40)29-14-12-22(35(44-29)51-4)17-41-18-24-13-15-32(48)43-24/h6-12,14,16,20,24,41-42H,13,15,17-19,21H2,1-5H3,(H,43,48)/t24-/m1/s1. The summed E-state index contributed by atoms with van der Waals surface area (Å²) in [4.78, 5) is 41.8. The number of nitrogens with one attached hydrogen (secondary N) is 3. The van der Waals surface area contributed by atoms with E-state index in [9.17, 15) is 14.4 Å². The van der Waals surface area contributed by atoms with Gasteiger partial charge in [-0.3, -0.25) is 19.0 Å². The lowest BCUT2D eigenvalue weighted by atomic mass is 9.94. The van der Waals surface area contributed by atoms with Crippen LogP contribution in [0.4, 0.5) is 0 Å². The Labute approximate surface area is 311 Å². The SMILES string of the molecule is COC(=O)C(C)(C)CNCc1nn2cc(-c3cccc(-c4cccc(-c5ccc(CNC[C@H]6CCC(=O)N6)c(OC)n5)c4Cl)c3Cl)cc2c(=O)n1C. The highest BCUT2D eigenvalue weighted by atomic mass is 35.5. The maximum atomic E-state index is 13.4. The summed E-state index contributed by atoms with van der Waals surface area (Å²) in [6.07, 6.45) is 3.16. The van der Waals surface area contributed by atoms with E-state index in [1.807, 2.05) is 48.5 Å². The zero-order chi connectivity index (χ0) is 37.2. The van der Waals surface area contributed by atoms with Gasteiger partial charge in [0.15, 0.2) is 0 Å². The minimum atomic E-state index is -0.745. The summed E-state index contributed by atoms with van der Waals surface area (Å²) in [6.45, 7) is 5.37. The van der Waals surface area contributed by atoms with E-state index in [1.54, 1.807) is 44.8 Å². The second-order valence-electron chi connectivity index (χ2n) is 13.5. The molecule has 4 heterocycles. The highest BCUT2D eigenvalue weighted by Crippen LogP contribution is 2.42. The molecule has 3 aromatic heterocycles. The van der Waals surface area contributed by atoms with Gasteiger partial charge in [0.25, 0.3) is 5.56 Å². The van der Waals surface area contributed by atoms with E-state index in [1.165, 1.54) is 11.7 Å². The number of fused-ring (bicyclic) bond motifs is 1. The van der Waals surface area contributed by atoms with Crippen molar-refractivity contribution in [2.75, 3.05) is 27.3 Å². The predicted octanol–water partition coefficient (Wildman–Crippen LogP) is 5.40. The number of halogens is 2. The van der Waals surface area contributed by atoms with Crippen LogP contribution in [0.3, 0.4) is 0 Å². The monoisotopic (exact) mass is 745 g/mol. The van der Waals surface area contributed by atoms with Gasteiger partial charge in [0.05, 0.1) is 41.9 Å². The summed E-state index contributed by atoms with van der Waals surface area (Å²) in [5.74, 6) is 0.732. The fraction of sp³-hybridized carbons (Fsp3) is 0.342. The highest BCUT2D eigenvalue weighted by Gasteiger charge is 2.28. The Morgan fingerprint density at radius 2 is 1.67 bits per heavy atom. The summed E-state index contributed by atoms with van der Waals surface area (Å²) in [6, 6.07) is 17.2. The summed E-state index contributed by atoms with van der Waals surface area (Å²) in [5, 5.41) is 15.2. The lowest BCUT2D eigenvalue weighted by Crippen LogP contribution is -2.38. The van der Waals surface area contributed by atoms with E-state index in [4.69, 9.17) is 42.8 Å². The minimum absolute atomic E-state index is 0.0869. The number of benzene rings is 2. The Hall–Kier alpha value is -4.75. The van der Waals surface area contributed by atoms with Crippen molar-refractivity contribution in [3.63, 3.8) is 0 Å². The largest absolute Gasteiger partial charge is 0.481 e. The maximum Gasteiger partial charge on any atom is 0.312 e. The van der Waals surface area contributed by atoms with Gasteiger partial charge < -0.3 is 25.4 Å². The molecule has 0 unspecified atom stereocenters. The summed E-state index contributed by atoms with van der Waals surface area (Å²) in [5.41, 5.74) is 4.52. The first-order chi connectivity index (χ1) is 24.9. The Morgan fingerprint density at radius 1 is 0.981 bits per heavy atom. The van der Waals surface area contributed by atoms with Crippen LogP contribution in [0.25, 0.3) is 39.0 Å². The first-order valence-corrected chi connectivity index (χ1v) is 17.7. The van der Waals surface area contributed by atoms with Crippen LogP contribution in [0.15, 0.2) is 65.6 Å². The molecule has 0 saturated carbocycles. The van der Waals surface area contributed by atoms with Gasteiger partial charge in [-0.15, -0.1) is 0 Å². The van der Waals surface area contributed by atoms with Crippen molar-refractivity contribution in [2.24, 2.45) is 12.5 Å². The van der Waals surface area contributed by atoms with Gasteiger partial charge in [-0.1, -0.05) is 65.7 Å². The van der Waals surface area contributed by atoms with E-state index in [0.717, 1.165) is 17.5 Å². The number of amides is 1. The number of aromatic nitrogens is 4. The molecule has 12 nitrogen and oxygen atoms in total. The van der Waals surface area contributed by atoms with Gasteiger partial charge in [-0.05, 0) is 32.4 Å². The van der Waals surface area contributed by atoms with Crippen molar-refractivity contribution in [2.45, 2.75) is 45.8 Å². The van der Waals surface area contributed by atoms with E-state index >= 15 is 0 Å². The first-order valence-electron chi connectivity index (χ1n) is 16.9. The molecule has 2 aromatic carbocycles. The lowest BCUT2D eigenvalue weighted by molar-refractivity contribution is -0.150. The maximum absolute atomic E-state index is 13.4. The molecule has 1 amide bonds. The number of esters is 1. The van der Waals surface area contributed by atoms with E-state index in [0.29, 0.717) is 81.3 Å². The number of pyridine rings is 1. The molecule has 1 saturated heterocycles. The molecule has 3 N–H and O–H groups in total. The average molecular weight is 747 g/mol. The van der Waals surface area contributed by atoms with E-state index < -0.39 is 5.41 Å². The van der Waals surface area contributed by atoms with Gasteiger partial charge in [0.1, 0.15) is 11.3 Å². The van der Waals surface area contributed by atoms with Gasteiger partial charge in [0.2, 0.25) is 11.8 Å².